The van der Waals surface area contributed by atoms with Crippen molar-refractivity contribution in [1.29, 1.82) is 0 Å². The second-order valence-corrected chi connectivity index (χ2v) is 6.59. The molecule has 4 nitrogen and oxygen atoms in total. The molecule has 1 spiro atoms. The Kier molecular flexibility index (Phi) is 4.24. The Morgan fingerprint density at radius 2 is 2.14 bits per heavy atom. The summed E-state index contributed by atoms with van der Waals surface area (Å²) in [7, 11) is 0. The Balaban J connectivity index is 1.65. The van der Waals surface area contributed by atoms with E-state index in [1.165, 1.54) is 0 Å². The molecule has 0 aromatic heterocycles. The summed E-state index contributed by atoms with van der Waals surface area (Å²) in [6.07, 6.45) is 2.27. The highest BCUT2D eigenvalue weighted by Gasteiger charge is 2.56. The van der Waals surface area contributed by atoms with Gasteiger partial charge in [0.1, 0.15) is 0 Å². The van der Waals surface area contributed by atoms with E-state index in [1.54, 1.807) is 0 Å². The predicted octanol–water partition coefficient (Wildman–Crippen LogP) is 2.39. The van der Waals surface area contributed by atoms with Crippen LogP contribution >= 0.6 is 0 Å². The lowest BCUT2D eigenvalue weighted by atomic mass is 9.58. The van der Waals surface area contributed by atoms with Crippen molar-refractivity contribution >= 4 is 5.91 Å². The molecule has 2 fully saturated rings. The van der Waals surface area contributed by atoms with E-state index in [9.17, 15) is 9.90 Å². The summed E-state index contributed by atoms with van der Waals surface area (Å²) in [5.41, 5.74) is 1.73. The first-order chi connectivity index (χ1) is 10.6. The highest BCUT2D eigenvalue weighted by molar-refractivity contribution is 5.94. The molecule has 1 saturated carbocycles. The maximum absolute atomic E-state index is 12.6. The van der Waals surface area contributed by atoms with Gasteiger partial charge in [-0.25, -0.2) is 0 Å². The summed E-state index contributed by atoms with van der Waals surface area (Å²) in [4.78, 5) is 14.5. The molecule has 120 valence electrons. The van der Waals surface area contributed by atoms with Crippen molar-refractivity contribution in [3.63, 3.8) is 0 Å². The van der Waals surface area contributed by atoms with Crippen LogP contribution in [-0.2, 0) is 4.74 Å². The third-order valence-electron chi connectivity index (χ3n) is 5.36. The van der Waals surface area contributed by atoms with Crippen molar-refractivity contribution in [1.82, 2.24) is 4.90 Å². The number of piperidine rings is 1. The summed E-state index contributed by atoms with van der Waals surface area (Å²) in [6, 6.07) is 7.74. The number of nitrogens with zero attached hydrogens (tertiary/aromatic N) is 1. The first-order valence-electron chi connectivity index (χ1n) is 8.22. The Morgan fingerprint density at radius 3 is 2.73 bits per heavy atom. The zero-order valence-electron chi connectivity index (χ0n) is 13.4. The molecular weight excluding hydrogens is 278 g/mol. The summed E-state index contributed by atoms with van der Waals surface area (Å²) in [6.45, 7) is 6.08. The number of carbonyl (C=O) groups excluding carboxylic acids is 1. The van der Waals surface area contributed by atoms with Crippen LogP contribution in [0.1, 0.15) is 42.1 Å². The molecule has 3 rings (SSSR count). The van der Waals surface area contributed by atoms with Crippen LogP contribution in [-0.4, -0.2) is 47.8 Å². The van der Waals surface area contributed by atoms with E-state index in [2.05, 4.69) is 0 Å². The maximum atomic E-state index is 12.6. The van der Waals surface area contributed by atoms with Crippen LogP contribution in [0.4, 0.5) is 0 Å². The SMILES string of the molecule is CCOC1CC(O)C12CCN(C(=O)c1cccc(C)c1)CC2. The minimum Gasteiger partial charge on any atom is -0.392 e. The highest BCUT2D eigenvalue weighted by Crippen LogP contribution is 2.51. The molecule has 1 aromatic rings. The summed E-state index contributed by atoms with van der Waals surface area (Å²) >= 11 is 0. The monoisotopic (exact) mass is 303 g/mol. The zero-order chi connectivity index (χ0) is 15.7. The second-order valence-electron chi connectivity index (χ2n) is 6.59. The zero-order valence-corrected chi connectivity index (χ0v) is 13.4. The quantitative estimate of drug-likeness (QED) is 0.933. The molecule has 1 aliphatic carbocycles. The number of hydrogen-bond acceptors (Lipinski definition) is 3. The lowest BCUT2D eigenvalue weighted by Gasteiger charge is -2.56. The van der Waals surface area contributed by atoms with Gasteiger partial charge in [0.05, 0.1) is 12.2 Å². The molecule has 2 unspecified atom stereocenters. The van der Waals surface area contributed by atoms with E-state index < -0.39 is 0 Å². The summed E-state index contributed by atoms with van der Waals surface area (Å²) in [5, 5.41) is 10.2. The molecule has 1 aromatic carbocycles. The van der Waals surface area contributed by atoms with Crippen molar-refractivity contribution < 1.29 is 14.6 Å². The first-order valence-corrected chi connectivity index (χ1v) is 8.22. The average Bonchev–Trinajstić information content (AvgIpc) is 2.54. The number of amides is 1. The van der Waals surface area contributed by atoms with Crippen molar-refractivity contribution in [2.24, 2.45) is 5.41 Å². The number of hydrogen-bond donors (Lipinski definition) is 1. The summed E-state index contributed by atoms with van der Waals surface area (Å²) < 4.78 is 5.77. The standard InChI is InChI=1S/C18H25NO3/c1-3-22-16-12-15(20)18(16)7-9-19(10-8-18)17(21)14-6-4-5-13(2)11-14/h4-6,11,15-16,20H,3,7-10,12H2,1-2H3. The third kappa shape index (κ3) is 2.55. The van der Waals surface area contributed by atoms with Gasteiger partial charge in [0.25, 0.3) is 5.91 Å². The number of rotatable bonds is 3. The first kappa shape index (κ1) is 15.5. The van der Waals surface area contributed by atoms with Crippen molar-refractivity contribution in [3.05, 3.63) is 35.4 Å². The molecule has 1 saturated heterocycles. The lowest BCUT2D eigenvalue weighted by molar-refractivity contribution is -0.207. The number of aliphatic hydroxyl groups is 1. The van der Waals surface area contributed by atoms with Gasteiger partial charge in [-0.05, 0) is 38.8 Å². The van der Waals surface area contributed by atoms with Gasteiger partial charge in [-0.15, -0.1) is 0 Å². The molecule has 1 amide bonds. The van der Waals surface area contributed by atoms with Crippen LogP contribution < -0.4 is 0 Å². The lowest BCUT2D eigenvalue weighted by Crippen LogP contribution is -2.62. The number of aliphatic hydroxyl groups excluding tert-OH is 1. The molecule has 1 heterocycles. The fourth-order valence-electron chi connectivity index (χ4n) is 3.90. The van der Waals surface area contributed by atoms with E-state index >= 15 is 0 Å². The summed E-state index contributed by atoms with van der Waals surface area (Å²) in [5.74, 6) is 0.0975. The molecule has 1 N–H and O–H groups in total. The largest absolute Gasteiger partial charge is 0.392 e. The van der Waals surface area contributed by atoms with E-state index in [0.717, 1.165) is 30.4 Å². The van der Waals surface area contributed by atoms with Gasteiger partial charge >= 0.3 is 0 Å². The number of ether oxygens (including phenoxy) is 1. The Hall–Kier alpha value is -1.39. The van der Waals surface area contributed by atoms with Gasteiger partial charge in [-0.3, -0.25) is 4.79 Å². The Bertz CT molecular complexity index is 547. The smallest absolute Gasteiger partial charge is 0.253 e. The van der Waals surface area contributed by atoms with Gasteiger partial charge in [-0.2, -0.15) is 0 Å². The predicted molar refractivity (Wildman–Crippen MR) is 84.8 cm³/mol. The number of benzene rings is 1. The normalized spacial score (nSPS) is 26.8. The van der Waals surface area contributed by atoms with Crippen LogP contribution in [0.25, 0.3) is 0 Å². The Morgan fingerprint density at radius 1 is 1.41 bits per heavy atom. The van der Waals surface area contributed by atoms with Gasteiger partial charge in [0.15, 0.2) is 0 Å². The number of carbonyl (C=O) groups is 1. The molecule has 2 aliphatic rings. The maximum Gasteiger partial charge on any atom is 0.253 e. The molecule has 0 radical (unpaired) electrons. The van der Waals surface area contributed by atoms with E-state index in [4.69, 9.17) is 4.74 Å². The van der Waals surface area contributed by atoms with Gasteiger partial charge < -0.3 is 14.7 Å². The molecular formula is C18H25NO3. The molecule has 1 aliphatic heterocycles. The van der Waals surface area contributed by atoms with Crippen LogP contribution in [0.5, 0.6) is 0 Å². The van der Waals surface area contributed by atoms with Crippen molar-refractivity contribution in [2.75, 3.05) is 19.7 Å². The van der Waals surface area contributed by atoms with Crippen LogP contribution in [0.15, 0.2) is 24.3 Å². The van der Waals surface area contributed by atoms with Crippen LogP contribution in [0, 0.1) is 12.3 Å². The van der Waals surface area contributed by atoms with Gasteiger partial charge in [0.2, 0.25) is 0 Å². The molecule has 0 bridgehead atoms. The molecule has 4 heteroatoms. The fraction of sp³-hybridized carbons (Fsp3) is 0.611. The third-order valence-corrected chi connectivity index (χ3v) is 5.36. The van der Waals surface area contributed by atoms with Gasteiger partial charge in [-0.1, -0.05) is 17.7 Å². The van der Waals surface area contributed by atoms with Crippen LogP contribution in [0.2, 0.25) is 0 Å². The Labute approximate surface area is 132 Å². The van der Waals surface area contributed by atoms with E-state index in [1.807, 2.05) is 43.0 Å². The molecule has 22 heavy (non-hydrogen) atoms. The topological polar surface area (TPSA) is 49.8 Å². The molecule has 2 atom stereocenters. The highest BCUT2D eigenvalue weighted by atomic mass is 16.5. The fourth-order valence-corrected chi connectivity index (χ4v) is 3.90. The average molecular weight is 303 g/mol. The van der Waals surface area contributed by atoms with E-state index in [-0.39, 0.29) is 23.5 Å². The van der Waals surface area contributed by atoms with Crippen molar-refractivity contribution in [2.45, 2.75) is 45.3 Å². The number of likely N-dealkylation sites (tertiary alicyclic amines) is 1. The number of aryl methyl sites for hydroxylation is 1. The second kappa shape index (κ2) is 6.01. The van der Waals surface area contributed by atoms with Gasteiger partial charge in [0, 0.05) is 37.1 Å². The van der Waals surface area contributed by atoms with Crippen LogP contribution in [0.3, 0.4) is 0 Å². The van der Waals surface area contributed by atoms with Crippen molar-refractivity contribution in [3.8, 4) is 0 Å². The minimum absolute atomic E-state index is 0.0975. The minimum atomic E-state index is -0.278. The van der Waals surface area contributed by atoms with E-state index in [0.29, 0.717) is 19.7 Å².